The monoisotopic (exact) mass is 275 g/mol. The van der Waals surface area contributed by atoms with Gasteiger partial charge in [0.1, 0.15) is 16.0 Å². The summed E-state index contributed by atoms with van der Waals surface area (Å²) in [4.78, 5) is 0. The molecule has 2 aromatic rings. The Kier molecular flexibility index (Phi) is 5.36. The number of nitrogens with one attached hydrogen (secondary N) is 1. The second kappa shape index (κ2) is 6.35. The molecule has 1 heterocycles. The third kappa shape index (κ3) is 4.43. The number of anilines is 1. The molecule has 1 aromatic carbocycles. The third-order valence-electron chi connectivity index (χ3n) is 2.06. The van der Waals surface area contributed by atoms with Crippen LogP contribution in [-0.4, -0.2) is 28.6 Å². The Hall–Kier alpha value is -0.860. The van der Waals surface area contributed by atoms with Gasteiger partial charge in [0.25, 0.3) is 0 Å². The van der Waals surface area contributed by atoms with Gasteiger partial charge < -0.3 is 9.87 Å². The maximum Gasteiger partial charge on any atom is 1.00 e. The van der Waals surface area contributed by atoms with Crippen LogP contribution in [0.1, 0.15) is 0 Å². The van der Waals surface area contributed by atoms with Gasteiger partial charge >= 0.3 is 29.6 Å². The summed E-state index contributed by atoms with van der Waals surface area (Å²) < 4.78 is 32.9. The molecule has 1 aromatic heterocycles. The number of hydrogen-bond donors (Lipinski definition) is 1. The zero-order valence-corrected chi connectivity index (χ0v) is 12.6. The molecule has 90 valence electrons. The van der Waals surface area contributed by atoms with E-state index in [4.69, 9.17) is 0 Å². The maximum absolute atomic E-state index is 10.4. The van der Waals surface area contributed by atoms with Crippen molar-refractivity contribution in [1.82, 2.24) is 9.78 Å². The van der Waals surface area contributed by atoms with Crippen LogP contribution < -0.4 is 34.9 Å². The van der Waals surface area contributed by atoms with Gasteiger partial charge in [-0.2, -0.15) is 5.10 Å². The summed E-state index contributed by atoms with van der Waals surface area (Å²) in [7, 11) is -4.28. The Labute approximate surface area is 127 Å². The summed E-state index contributed by atoms with van der Waals surface area (Å²) in [6.45, 7) is 0. The summed E-state index contributed by atoms with van der Waals surface area (Å²) in [6.07, 6.45) is 3.07. The molecule has 18 heavy (non-hydrogen) atoms. The molecule has 0 radical (unpaired) electrons. The average Bonchev–Trinajstić information content (AvgIpc) is 2.75. The molecule has 2 rings (SSSR count). The summed E-state index contributed by atoms with van der Waals surface area (Å²) in [5, 5.41) is 6.54. The molecule has 0 fully saturated rings. The van der Waals surface area contributed by atoms with Crippen molar-refractivity contribution in [2.24, 2.45) is 0 Å². The van der Waals surface area contributed by atoms with E-state index in [-0.39, 0.29) is 29.6 Å². The summed E-state index contributed by atoms with van der Waals surface area (Å²) >= 11 is 0. The van der Waals surface area contributed by atoms with Crippen LogP contribution in [-0.2, 0) is 10.1 Å². The second-order valence-corrected chi connectivity index (χ2v) is 4.79. The van der Waals surface area contributed by atoms with Crippen LogP contribution in [0.2, 0.25) is 0 Å². The third-order valence-corrected chi connectivity index (χ3v) is 2.55. The molecule has 0 bridgehead atoms. The first-order valence-corrected chi connectivity index (χ1v) is 6.40. The zero-order chi connectivity index (χ0) is 12.3. The summed E-state index contributed by atoms with van der Waals surface area (Å²) in [5.74, 6) is -0.645. The fourth-order valence-corrected chi connectivity index (χ4v) is 1.65. The van der Waals surface area contributed by atoms with Gasteiger partial charge in [-0.05, 0) is 12.1 Å². The normalized spacial score (nSPS) is 10.7. The zero-order valence-electron chi connectivity index (χ0n) is 9.78. The van der Waals surface area contributed by atoms with E-state index < -0.39 is 16.0 Å². The molecule has 6 nitrogen and oxygen atoms in total. The van der Waals surface area contributed by atoms with Crippen molar-refractivity contribution in [3.63, 3.8) is 0 Å². The molecule has 8 heteroatoms. The molecular formula is C10H10N3NaO3S. The van der Waals surface area contributed by atoms with Gasteiger partial charge in [-0.3, -0.25) is 0 Å². The first kappa shape index (κ1) is 15.2. The van der Waals surface area contributed by atoms with Gasteiger partial charge in [0.2, 0.25) is 0 Å². The number of rotatable bonds is 4. The Bertz CT molecular complexity index is 598. The van der Waals surface area contributed by atoms with E-state index in [9.17, 15) is 13.0 Å². The fourth-order valence-electron chi connectivity index (χ4n) is 1.31. The Morgan fingerprint density at radius 2 is 1.94 bits per heavy atom. The molecule has 0 spiro atoms. The quantitative estimate of drug-likeness (QED) is 0.505. The molecule has 0 atom stereocenters. The molecule has 0 aliphatic heterocycles. The van der Waals surface area contributed by atoms with Gasteiger partial charge in [-0.1, -0.05) is 18.2 Å². The van der Waals surface area contributed by atoms with Gasteiger partial charge in [0.05, 0.1) is 23.8 Å². The summed E-state index contributed by atoms with van der Waals surface area (Å²) in [5.41, 5.74) is 1.33. The summed E-state index contributed by atoms with van der Waals surface area (Å²) in [6, 6.07) is 9.34. The average molecular weight is 275 g/mol. The molecule has 0 saturated carbocycles. The van der Waals surface area contributed by atoms with Crippen LogP contribution in [0.15, 0.2) is 42.7 Å². The van der Waals surface area contributed by atoms with Crippen molar-refractivity contribution in [3.05, 3.63) is 42.7 Å². The second-order valence-electron chi connectivity index (χ2n) is 3.39. The molecule has 0 amide bonds. The van der Waals surface area contributed by atoms with E-state index in [2.05, 4.69) is 10.4 Å². The number of para-hydroxylation sites is 1. The van der Waals surface area contributed by atoms with Crippen molar-refractivity contribution in [2.75, 3.05) is 11.2 Å². The van der Waals surface area contributed by atoms with E-state index in [1.165, 1.54) is 6.20 Å². The SMILES string of the molecule is O=S(=O)([O-])CNc1cnn(-c2ccccc2)c1.[Na+]. The molecule has 0 saturated heterocycles. The van der Waals surface area contributed by atoms with Gasteiger partial charge in [0.15, 0.2) is 0 Å². The van der Waals surface area contributed by atoms with E-state index in [1.807, 2.05) is 30.3 Å². The number of hydrogen-bond acceptors (Lipinski definition) is 5. The molecule has 1 N–H and O–H groups in total. The van der Waals surface area contributed by atoms with Crippen LogP contribution in [0, 0.1) is 0 Å². The topological polar surface area (TPSA) is 87.1 Å². The van der Waals surface area contributed by atoms with E-state index >= 15 is 0 Å². The fraction of sp³-hybridized carbons (Fsp3) is 0.100. The smallest absolute Gasteiger partial charge is 0.747 e. The van der Waals surface area contributed by atoms with Crippen LogP contribution in [0.25, 0.3) is 5.69 Å². The Morgan fingerprint density at radius 1 is 1.28 bits per heavy atom. The number of aromatic nitrogens is 2. The van der Waals surface area contributed by atoms with E-state index in [1.54, 1.807) is 10.9 Å². The van der Waals surface area contributed by atoms with E-state index in [0.717, 1.165) is 5.69 Å². The van der Waals surface area contributed by atoms with Gasteiger partial charge in [0, 0.05) is 0 Å². The number of benzene rings is 1. The first-order valence-electron chi connectivity index (χ1n) is 4.82. The molecule has 0 aliphatic carbocycles. The predicted molar refractivity (Wildman–Crippen MR) is 61.8 cm³/mol. The minimum atomic E-state index is -4.28. The van der Waals surface area contributed by atoms with Crippen molar-refractivity contribution in [2.45, 2.75) is 0 Å². The van der Waals surface area contributed by atoms with Crippen molar-refractivity contribution in [3.8, 4) is 5.69 Å². The molecular weight excluding hydrogens is 265 g/mol. The molecule has 0 unspecified atom stereocenters. The van der Waals surface area contributed by atoms with Crippen LogP contribution in [0.3, 0.4) is 0 Å². The minimum absolute atomic E-state index is 0. The standard InChI is InChI=1S/C10H11N3O3S.Na/c14-17(15,16)8-11-9-6-12-13(7-9)10-4-2-1-3-5-10;/h1-7,11H,8H2,(H,14,15,16);/q;+1/p-1. The van der Waals surface area contributed by atoms with E-state index in [0.29, 0.717) is 5.69 Å². The largest absolute Gasteiger partial charge is 1.00 e. The van der Waals surface area contributed by atoms with Crippen LogP contribution in [0.5, 0.6) is 0 Å². The van der Waals surface area contributed by atoms with Crippen molar-refractivity contribution in [1.29, 1.82) is 0 Å². The van der Waals surface area contributed by atoms with Gasteiger partial charge in [-0.15, -0.1) is 0 Å². The molecule has 0 aliphatic rings. The van der Waals surface area contributed by atoms with Crippen molar-refractivity contribution < 1.29 is 42.5 Å². The predicted octanol–water partition coefficient (Wildman–Crippen LogP) is -2.21. The van der Waals surface area contributed by atoms with Crippen LogP contribution in [0.4, 0.5) is 5.69 Å². The minimum Gasteiger partial charge on any atom is -0.747 e. The van der Waals surface area contributed by atoms with Gasteiger partial charge in [-0.25, -0.2) is 13.1 Å². The Morgan fingerprint density at radius 3 is 2.56 bits per heavy atom. The van der Waals surface area contributed by atoms with Crippen molar-refractivity contribution >= 4 is 15.8 Å². The van der Waals surface area contributed by atoms with Crippen LogP contribution >= 0.6 is 0 Å². The number of nitrogens with zero attached hydrogens (tertiary/aromatic N) is 2. The maximum atomic E-state index is 10.4. The Balaban J connectivity index is 0.00000162. The first-order chi connectivity index (χ1) is 8.04.